The van der Waals surface area contributed by atoms with Gasteiger partial charge in [-0.15, -0.1) is 0 Å². The number of hydrogen-bond donors (Lipinski definition) is 1. The molecule has 0 radical (unpaired) electrons. The van der Waals surface area contributed by atoms with Crippen LogP contribution < -0.4 is 5.32 Å². The molecule has 0 bridgehead atoms. The van der Waals surface area contributed by atoms with Gasteiger partial charge in [0, 0.05) is 42.1 Å². The van der Waals surface area contributed by atoms with Gasteiger partial charge in [0.05, 0.1) is 11.3 Å². The van der Waals surface area contributed by atoms with Gasteiger partial charge in [-0.1, -0.05) is 18.2 Å². The molecule has 3 heterocycles. The van der Waals surface area contributed by atoms with E-state index in [1.165, 1.54) is 6.20 Å². The van der Waals surface area contributed by atoms with Crippen LogP contribution in [-0.2, 0) is 4.79 Å². The van der Waals surface area contributed by atoms with Gasteiger partial charge in [-0.25, -0.2) is 9.38 Å². The molecule has 1 amide bonds. The molecule has 5 nitrogen and oxygen atoms in total. The van der Waals surface area contributed by atoms with Crippen LogP contribution in [-0.4, -0.2) is 29.5 Å². The highest BCUT2D eigenvalue weighted by Gasteiger charge is 2.35. The molecule has 0 aromatic heterocycles. The van der Waals surface area contributed by atoms with Crippen LogP contribution in [0.4, 0.5) is 4.39 Å². The summed E-state index contributed by atoms with van der Waals surface area (Å²) in [7, 11) is 0. The third-order valence-electron chi connectivity index (χ3n) is 4.04. The van der Waals surface area contributed by atoms with E-state index in [9.17, 15) is 14.0 Å². The standard InChI is InChI=1S/C17H12FN3O2/c18-13-7-15(23)20-14-4-5-21-16(14)12(13)8-19-17(21)11-3-1-2-10(6-11)9-22/h1-3,6-9H,4-5H2,(H,20,23). The van der Waals surface area contributed by atoms with Crippen LogP contribution in [0.15, 0.2) is 64.3 Å². The van der Waals surface area contributed by atoms with Gasteiger partial charge in [-0.3, -0.25) is 9.59 Å². The normalized spacial score (nSPS) is 19.4. The first-order valence-electron chi connectivity index (χ1n) is 7.20. The number of rotatable bonds is 2. The fourth-order valence-corrected chi connectivity index (χ4v) is 3.05. The Kier molecular flexibility index (Phi) is 2.97. The third-order valence-corrected chi connectivity index (χ3v) is 4.04. The number of aliphatic imine (C=N–C) groups is 1. The number of amidine groups is 1. The van der Waals surface area contributed by atoms with Gasteiger partial charge in [-0.05, 0) is 6.07 Å². The second kappa shape index (κ2) is 5.01. The summed E-state index contributed by atoms with van der Waals surface area (Å²) in [5, 5.41) is 2.73. The number of carbonyl (C=O) groups excluding carboxylic acids is 2. The monoisotopic (exact) mass is 309 g/mol. The number of carbonyl (C=O) groups is 2. The minimum Gasteiger partial charge on any atom is -0.324 e. The van der Waals surface area contributed by atoms with Crippen molar-refractivity contribution in [3.63, 3.8) is 0 Å². The SMILES string of the molecule is O=Cc1cccc(C2=NC=C3C(F)=CC(=O)NC4=C3N2CC4)c1. The van der Waals surface area contributed by atoms with Crippen molar-refractivity contribution >= 4 is 18.0 Å². The minimum absolute atomic E-state index is 0.311. The molecule has 6 heteroatoms. The number of amides is 1. The molecule has 0 aliphatic carbocycles. The van der Waals surface area contributed by atoms with E-state index in [1.54, 1.807) is 18.2 Å². The lowest BCUT2D eigenvalue weighted by Crippen LogP contribution is -2.31. The van der Waals surface area contributed by atoms with E-state index in [1.807, 2.05) is 11.0 Å². The highest BCUT2D eigenvalue weighted by atomic mass is 19.1. The van der Waals surface area contributed by atoms with Crippen LogP contribution in [0, 0.1) is 0 Å². The Balaban J connectivity index is 1.86. The van der Waals surface area contributed by atoms with Crippen molar-refractivity contribution in [2.45, 2.75) is 6.42 Å². The van der Waals surface area contributed by atoms with E-state index >= 15 is 0 Å². The number of hydrogen-bond acceptors (Lipinski definition) is 4. The summed E-state index contributed by atoms with van der Waals surface area (Å²) < 4.78 is 14.2. The molecule has 0 unspecified atom stereocenters. The molecule has 1 aromatic rings. The summed E-state index contributed by atoms with van der Waals surface area (Å²) in [6.45, 7) is 0.597. The first kappa shape index (κ1) is 13.6. The van der Waals surface area contributed by atoms with E-state index in [2.05, 4.69) is 10.3 Å². The number of nitrogens with zero attached hydrogens (tertiary/aromatic N) is 2. The summed E-state index contributed by atoms with van der Waals surface area (Å²) in [6.07, 6.45) is 3.76. The highest BCUT2D eigenvalue weighted by molar-refractivity contribution is 6.03. The van der Waals surface area contributed by atoms with Gasteiger partial charge in [0.25, 0.3) is 5.91 Å². The second-order valence-electron chi connectivity index (χ2n) is 5.45. The molecule has 0 saturated carbocycles. The van der Waals surface area contributed by atoms with Crippen LogP contribution in [0.25, 0.3) is 0 Å². The molecule has 23 heavy (non-hydrogen) atoms. The molecule has 0 saturated heterocycles. The maximum Gasteiger partial charge on any atom is 0.251 e. The van der Waals surface area contributed by atoms with Crippen molar-refractivity contribution in [1.29, 1.82) is 0 Å². The van der Waals surface area contributed by atoms with Crippen molar-refractivity contribution in [2.75, 3.05) is 6.54 Å². The zero-order valence-electron chi connectivity index (χ0n) is 12.0. The fourth-order valence-electron chi connectivity index (χ4n) is 3.05. The highest BCUT2D eigenvalue weighted by Crippen LogP contribution is 2.37. The first-order chi connectivity index (χ1) is 11.2. The molecular formula is C17H12FN3O2. The summed E-state index contributed by atoms with van der Waals surface area (Å²) in [5.74, 6) is -0.415. The van der Waals surface area contributed by atoms with Crippen molar-refractivity contribution in [1.82, 2.24) is 10.2 Å². The third kappa shape index (κ3) is 2.11. The van der Waals surface area contributed by atoms with Crippen molar-refractivity contribution < 1.29 is 14.0 Å². The molecule has 3 aliphatic heterocycles. The largest absolute Gasteiger partial charge is 0.324 e. The Morgan fingerprint density at radius 2 is 2.22 bits per heavy atom. The number of allylic oxidation sites excluding steroid dienone is 1. The van der Waals surface area contributed by atoms with Gasteiger partial charge in [0.1, 0.15) is 17.9 Å². The van der Waals surface area contributed by atoms with Crippen LogP contribution in [0.2, 0.25) is 0 Å². The lowest BCUT2D eigenvalue weighted by Gasteiger charge is -2.28. The summed E-state index contributed by atoms with van der Waals surface area (Å²) >= 11 is 0. The maximum atomic E-state index is 14.2. The predicted molar refractivity (Wildman–Crippen MR) is 82.1 cm³/mol. The number of benzene rings is 1. The van der Waals surface area contributed by atoms with E-state index in [-0.39, 0.29) is 0 Å². The Morgan fingerprint density at radius 3 is 3.04 bits per heavy atom. The quantitative estimate of drug-likeness (QED) is 0.851. The van der Waals surface area contributed by atoms with Crippen molar-refractivity contribution in [3.8, 4) is 0 Å². The average molecular weight is 309 g/mol. The molecule has 0 atom stereocenters. The lowest BCUT2D eigenvalue weighted by molar-refractivity contribution is -0.115. The fraction of sp³-hybridized carbons (Fsp3) is 0.118. The summed E-state index contributed by atoms with van der Waals surface area (Å²) in [5.41, 5.74) is 2.98. The van der Waals surface area contributed by atoms with Crippen molar-refractivity contribution in [3.05, 3.63) is 70.5 Å². The molecule has 3 aliphatic rings. The lowest BCUT2D eigenvalue weighted by atomic mass is 10.1. The Hall–Kier alpha value is -3.02. The van der Waals surface area contributed by atoms with Crippen LogP contribution in [0.5, 0.6) is 0 Å². The summed E-state index contributed by atoms with van der Waals surface area (Å²) in [6, 6.07) is 7.08. The molecule has 1 aromatic carbocycles. The second-order valence-corrected chi connectivity index (χ2v) is 5.45. The summed E-state index contributed by atoms with van der Waals surface area (Å²) in [4.78, 5) is 28.9. The van der Waals surface area contributed by atoms with Gasteiger partial charge >= 0.3 is 0 Å². The zero-order valence-corrected chi connectivity index (χ0v) is 12.0. The van der Waals surface area contributed by atoms with Gasteiger partial charge in [0.15, 0.2) is 0 Å². The van der Waals surface area contributed by atoms with E-state index < -0.39 is 11.7 Å². The van der Waals surface area contributed by atoms with Crippen molar-refractivity contribution in [2.24, 2.45) is 4.99 Å². The van der Waals surface area contributed by atoms with Crippen LogP contribution in [0.1, 0.15) is 22.3 Å². The topological polar surface area (TPSA) is 61.8 Å². The Morgan fingerprint density at radius 1 is 1.35 bits per heavy atom. The predicted octanol–water partition coefficient (Wildman–Crippen LogP) is 2.04. The maximum absolute atomic E-state index is 14.2. The van der Waals surface area contributed by atoms with Gasteiger partial charge < -0.3 is 10.2 Å². The number of nitrogens with one attached hydrogen (secondary N) is 1. The average Bonchev–Trinajstić information content (AvgIpc) is 2.92. The zero-order chi connectivity index (χ0) is 16.0. The number of halogens is 1. The van der Waals surface area contributed by atoms with E-state index in [0.717, 1.165) is 17.9 Å². The molecule has 114 valence electrons. The minimum atomic E-state index is -0.594. The van der Waals surface area contributed by atoms with Gasteiger partial charge in [-0.2, -0.15) is 0 Å². The molecular weight excluding hydrogens is 297 g/mol. The van der Waals surface area contributed by atoms with Crippen LogP contribution in [0.3, 0.4) is 0 Å². The van der Waals surface area contributed by atoms with Gasteiger partial charge in [0.2, 0.25) is 0 Å². The number of aldehydes is 1. The molecule has 1 N–H and O–H groups in total. The van der Waals surface area contributed by atoms with Crippen LogP contribution >= 0.6 is 0 Å². The molecule has 4 rings (SSSR count). The Bertz CT molecular complexity index is 864. The van der Waals surface area contributed by atoms with E-state index in [0.29, 0.717) is 41.3 Å². The molecule has 0 spiro atoms. The smallest absolute Gasteiger partial charge is 0.251 e. The first-order valence-corrected chi connectivity index (χ1v) is 7.20. The Labute approximate surface area is 131 Å². The molecule has 0 fully saturated rings. The van der Waals surface area contributed by atoms with E-state index in [4.69, 9.17) is 0 Å².